The van der Waals surface area contributed by atoms with Gasteiger partial charge in [0, 0.05) is 18.0 Å². The summed E-state index contributed by atoms with van der Waals surface area (Å²) < 4.78 is 5.45. The number of hydrogen-bond acceptors (Lipinski definition) is 4. The maximum atomic E-state index is 5.82. The average Bonchev–Trinajstić information content (AvgIpc) is 2.35. The Balaban J connectivity index is 2.58. The first-order valence-corrected chi connectivity index (χ1v) is 6.48. The molecule has 2 unspecified atom stereocenters. The number of rotatable bonds is 7. The predicted molar refractivity (Wildman–Crippen MR) is 70.8 cm³/mol. The van der Waals surface area contributed by atoms with Crippen LogP contribution in [0.2, 0.25) is 0 Å². The molecular weight excluding hydrogens is 238 g/mol. The zero-order chi connectivity index (χ0) is 12.7. The van der Waals surface area contributed by atoms with Crippen LogP contribution < -0.4 is 10.1 Å². The Hall–Kier alpha value is -1.03. The molecule has 0 aromatic carbocycles. The van der Waals surface area contributed by atoms with E-state index in [9.17, 15) is 0 Å². The second-order valence-corrected chi connectivity index (χ2v) is 4.46. The number of halogens is 1. The standard InChI is InChI=1S/C12H20ClN3O/c1-4-5-17-12-6-11(14-8-15-12)16-10(3)9(2)7-13/h6,8-10H,4-5,7H2,1-3H3,(H,14,15,16). The molecule has 0 spiro atoms. The Kier molecular flexibility index (Phi) is 6.05. The number of ether oxygens (including phenoxy) is 1. The van der Waals surface area contributed by atoms with Gasteiger partial charge in [-0.3, -0.25) is 0 Å². The van der Waals surface area contributed by atoms with E-state index in [1.807, 2.05) is 6.07 Å². The van der Waals surface area contributed by atoms with Crippen molar-refractivity contribution in [2.75, 3.05) is 17.8 Å². The van der Waals surface area contributed by atoms with Crippen LogP contribution in [0.5, 0.6) is 5.88 Å². The van der Waals surface area contributed by atoms with Crippen molar-refractivity contribution in [1.82, 2.24) is 9.97 Å². The number of alkyl halides is 1. The van der Waals surface area contributed by atoms with Crippen molar-refractivity contribution in [2.45, 2.75) is 33.2 Å². The van der Waals surface area contributed by atoms with Crippen molar-refractivity contribution in [3.8, 4) is 5.88 Å². The maximum Gasteiger partial charge on any atom is 0.218 e. The smallest absolute Gasteiger partial charge is 0.218 e. The van der Waals surface area contributed by atoms with Gasteiger partial charge in [-0.15, -0.1) is 11.6 Å². The average molecular weight is 258 g/mol. The SMILES string of the molecule is CCCOc1cc(NC(C)C(C)CCl)ncn1. The molecule has 1 aromatic heterocycles. The zero-order valence-corrected chi connectivity index (χ0v) is 11.4. The quantitative estimate of drug-likeness (QED) is 0.763. The predicted octanol–water partition coefficient (Wildman–Crippen LogP) is 2.94. The monoisotopic (exact) mass is 257 g/mol. The van der Waals surface area contributed by atoms with Gasteiger partial charge < -0.3 is 10.1 Å². The molecule has 1 N–H and O–H groups in total. The van der Waals surface area contributed by atoms with Crippen molar-refractivity contribution in [1.29, 1.82) is 0 Å². The fourth-order valence-corrected chi connectivity index (χ4v) is 1.48. The van der Waals surface area contributed by atoms with Crippen molar-refractivity contribution in [3.05, 3.63) is 12.4 Å². The van der Waals surface area contributed by atoms with Gasteiger partial charge in [-0.2, -0.15) is 0 Å². The maximum absolute atomic E-state index is 5.82. The molecule has 17 heavy (non-hydrogen) atoms. The number of aromatic nitrogens is 2. The van der Waals surface area contributed by atoms with Gasteiger partial charge in [0.05, 0.1) is 6.61 Å². The number of anilines is 1. The van der Waals surface area contributed by atoms with E-state index in [0.717, 1.165) is 12.2 Å². The van der Waals surface area contributed by atoms with Crippen LogP contribution in [0.4, 0.5) is 5.82 Å². The first-order chi connectivity index (χ1) is 8.17. The molecule has 0 radical (unpaired) electrons. The van der Waals surface area contributed by atoms with Crippen LogP contribution in [0.3, 0.4) is 0 Å². The molecule has 4 nitrogen and oxygen atoms in total. The highest BCUT2D eigenvalue weighted by molar-refractivity contribution is 6.18. The van der Waals surface area contributed by atoms with E-state index in [4.69, 9.17) is 16.3 Å². The lowest BCUT2D eigenvalue weighted by atomic mass is 10.1. The molecular formula is C12H20ClN3O. The van der Waals surface area contributed by atoms with E-state index < -0.39 is 0 Å². The Labute approximate surface area is 108 Å². The first-order valence-electron chi connectivity index (χ1n) is 5.94. The van der Waals surface area contributed by atoms with E-state index in [1.165, 1.54) is 6.33 Å². The second-order valence-electron chi connectivity index (χ2n) is 4.15. The summed E-state index contributed by atoms with van der Waals surface area (Å²) in [6.45, 7) is 6.91. The molecule has 5 heteroatoms. The Bertz CT molecular complexity index is 335. The van der Waals surface area contributed by atoms with Gasteiger partial charge in [0.2, 0.25) is 5.88 Å². The van der Waals surface area contributed by atoms with E-state index in [0.29, 0.717) is 24.3 Å². The minimum absolute atomic E-state index is 0.265. The number of hydrogen-bond donors (Lipinski definition) is 1. The van der Waals surface area contributed by atoms with Gasteiger partial charge in [0.25, 0.3) is 0 Å². The summed E-state index contributed by atoms with van der Waals surface area (Å²) >= 11 is 5.82. The normalized spacial score (nSPS) is 14.1. The third-order valence-electron chi connectivity index (χ3n) is 2.57. The Morgan fingerprint density at radius 3 is 2.82 bits per heavy atom. The molecule has 0 aliphatic rings. The lowest BCUT2D eigenvalue weighted by Gasteiger charge is -2.19. The van der Waals surface area contributed by atoms with Gasteiger partial charge in [-0.1, -0.05) is 13.8 Å². The number of nitrogens with one attached hydrogen (secondary N) is 1. The molecule has 0 aliphatic heterocycles. The summed E-state index contributed by atoms with van der Waals surface area (Å²) in [6.07, 6.45) is 2.47. The molecule has 0 fully saturated rings. The third-order valence-corrected chi connectivity index (χ3v) is 3.06. The largest absolute Gasteiger partial charge is 0.478 e. The topological polar surface area (TPSA) is 47.0 Å². The molecule has 1 aromatic rings. The second kappa shape index (κ2) is 7.33. The number of nitrogens with zero attached hydrogens (tertiary/aromatic N) is 2. The molecule has 1 rings (SSSR count). The molecule has 1 heterocycles. The summed E-state index contributed by atoms with van der Waals surface area (Å²) in [5.74, 6) is 2.38. The minimum atomic E-state index is 0.265. The van der Waals surface area contributed by atoms with Gasteiger partial charge in [0.15, 0.2) is 0 Å². The van der Waals surface area contributed by atoms with Crippen LogP contribution in [-0.2, 0) is 0 Å². The van der Waals surface area contributed by atoms with Crippen LogP contribution in [0.25, 0.3) is 0 Å². The highest BCUT2D eigenvalue weighted by atomic mass is 35.5. The van der Waals surface area contributed by atoms with Crippen LogP contribution in [0, 0.1) is 5.92 Å². The van der Waals surface area contributed by atoms with Crippen LogP contribution in [0.15, 0.2) is 12.4 Å². The van der Waals surface area contributed by atoms with Crippen LogP contribution in [0.1, 0.15) is 27.2 Å². The summed E-state index contributed by atoms with van der Waals surface area (Å²) in [5.41, 5.74) is 0. The van der Waals surface area contributed by atoms with Crippen LogP contribution >= 0.6 is 11.6 Å². The fourth-order valence-electron chi connectivity index (χ4n) is 1.21. The van der Waals surface area contributed by atoms with Crippen molar-refractivity contribution in [2.24, 2.45) is 5.92 Å². The molecule has 0 saturated carbocycles. The van der Waals surface area contributed by atoms with Gasteiger partial charge in [0.1, 0.15) is 12.1 Å². The van der Waals surface area contributed by atoms with Gasteiger partial charge in [-0.05, 0) is 19.3 Å². The Morgan fingerprint density at radius 2 is 2.18 bits per heavy atom. The lowest BCUT2D eigenvalue weighted by Crippen LogP contribution is -2.25. The summed E-state index contributed by atoms with van der Waals surface area (Å²) in [4.78, 5) is 8.21. The summed E-state index contributed by atoms with van der Waals surface area (Å²) in [7, 11) is 0. The van der Waals surface area contributed by atoms with E-state index in [-0.39, 0.29) is 6.04 Å². The van der Waals surface area contributed by atoms with E-state index >= 15 is 0 Å². The van der Waals surface area contributed by atoms with Crippen molar-refractivity contribution >= 4 is 17.4 Å². The lowest BCUT2D eigenvalue weighted by molar-refractivity contribution is 0.305. The molecule has 2 atom stereocenters. The highest BCUT2D eigenvalue weighted by Crippen LogP contribution is 2.15. The van der Waals surface area contributed by atoms with Gasteiger partial charge in [-0.25, -0.2) is 9.97 Å². The highest BCUT2D eigenvalue weighted by Gasteiger charge is 2.11. The summed E-state index contributed by atoms with van der Waals surface area (Å²) in [5, 5.41) is 3.29. The van der Waals surface area contributed by atoms with Crippen LogP contribution in [-0.4, -0.2) is 28.5 Å². The minimum Gasteiger partial charge on any atom is -0.478 e. The van der Waals surface area contributed by atoms with Crippen molar-refractivity contribution < 1.29 is 4.74 Å². The molecule has 96 valence electrons. The summed E-state index contributed by atoms with van der Waals surface area (Å²) in [6, 6.07) is 2.08. The zero-order valence-electron chi connectivity index (χ0n) is 10.6. The first kappa shape index (κ1) is 14.0. The molecule has 0 amide bonds. The fraction of sp³-hybridized carbons (Fsp3) is 0.667. The molecule has 0 saturated heterocycles. The molecule has 0 bridgehead atoms. The molecule has 0 aliphatic carbocycles. The van der Waals surface area contributed by atoms with E-state index in [2.05, 4.69) is 36.1 Å². The van der Waals surface area contributed by atoms with Crippen molar-refractivity contribution in [3.63, 3.8) is 0 Å². The Morgan fingerprint density at radius 1 is 1.41 bits per heavy atom. The third kappa shape index (κ3) is 4.77. The van der Waals surface area contributed by atoms with Gasteiger partial charge >= 0.3 is 0 Å². The van der Waals surface area contributed by atoms with E-state index in [1.54, 1.807) is 0 Å².